The Bertz CT molecular complexity index is 380. The molecule has 0 fully saturated rings. The molecule has 0 saturated carbocycles. The Labute approximate surface area is 96.1 Å². The highest BCUT2D eigenvalue weighted by atomic mass is 32.1. The molecule has 15 heavy (non-hydrogen) atoms. The van der Waals surface area contributed by atoms with Crippen LogP contribution in [-0.2, 0) is 0 Å². The molecule has 0 saturated heterocycles. The van der Waals surface area contributed by atoms with Crippen LogP contribution in [0.4, 0.5) is 5.82 Å². The molecule has 0 spiro atoms. The summed E-state index contributed by atoms with van der Waals surface area (Å²) in [6.45, 7) is 8.15. The average molecular weight is 223 g/mol. The second-order valence-electron chi connectivity index (χ2n) is 4.59. The van der Waals surface area contributed by atoms with Crippen LogP contribution in [0.25, 0.3) is 0 Å². The number of hydrogen-bond acceptors (Lipinski definition) is 3. The molecule has 1 aromatic heterocycles. The van der Waals surface area contributed by atoms with Crippen LogP contribution in [0.2, 0.25) is 0 Å². The maximum absolute atomic E-state index is 5.63. The van der Waals surface area contributed by atoms with Crippen LogP contribution in [0.1, 0.15) is 32.0 Å². The van der Waals surface area contributed by atoms with Gasteiger partial charge < -0.3 is 11.1 Å². The summed E-state index contributed by atoms with van der Waals surface area (Å²) in [5.41, 5.74) is 7.32. The van der Waals surface area contributed by atoms with Gasteiger partial charge in [-0.2, -0.15) is 0 Å². The van der Waals surface area contributed by atoms with Gasteiger partial charge >= 0.3 is 0 Å². The van der Waals surface area contributed by atoms with Crippen molar-refractivity contribution in [1.29, 1.82) is 0 Å². The molecule has 4 heteroatoms. The van der Waals surface area contributed by atoms with E-state index in [0.29, 0.717) is 4.99 Å². The molecule has 1 heterocycles. The smallest absolute Gasteiger partial charge is 0.136 e. The Balaban J connectivity index is 3.13. The second kappa shape index (κ2) is 4.14. The first-order valence-electron chi connectivity index (χ1n) is 4.85. The zero-order valence-electron chi connectivity index (χ0n) is 9.59. The zero-order valence-corrected chi connectivity index (χ0v) is 10.4. The first kappa shape index (κ1) is 11.9. The highest BCUT2D eigenvalue weighted by Gasteiger charge is 2.14. The van der Waals surface area contributed by atoms with Crippen molar-refractivity contribution in [3.63, 3.8) is 0 Å². The van der Waals surface area contributed by atoms with Gasteiger partial charge in [0.15, 0.2) is 0 Å². The average Bonchev–Trinajstić information content (AvgIpc) is 1.99. The van der Waals surface area contributed by atoms with Gasteiger partial charge in [0, 0.05) is 11.2 Å². The van der Waals surface area contributed by atoms with E-state index in [1.54, 1.807) is 0 Å². The predicted molar refractivity (Wildman–Crippen MR) is 68.2 cm³/mol. The SMILES string of the molecule is Cc1ccc(C(N)=S)c(NC(C)(C)C)n1. The van der Waals surface area contributed by atoms with Gasteiger partial charge in [0.25, 0.3) is 0 Å². The van der Waals surface area contributed by atoms with Gasteiger partial charge in [-0.25, -0.2) is 4.98 Å². The maximum atomic E-state index is 5.63. The molecule has 0 unspecified atom stereocenters. The molecule has 1 aromatic rings. The summed E-state index contributed by atoms with van der Waals surface area (Å²) in [6.07, 6.45) is 0. The minimum absolute atomic E-state index is 0.0552. The number of anilines is 1. The van der Waals surface area contributed by atoms with Gasteiger partial charge in [0.05, 0.1) is 5.56 Å². The van der Waals surface area contributed by atoms with E-state index < -0.39 is 0 Å². The van der Waals surface area contributed by atoms with Gasteiger partial charge in [0.2, 0.25) is 0 Å². The molecule has 82 valence electrons. The van der Waals surface area contributed by atoms with Gasteiger partial charge in [0.1, 0.15) is 10.8 Å². The highest BCUT2D eigenvalue weighted by Crippen LogP contribution is 2.18. The molecule has 0 bridgehead atoms. The van der Waals surface area contributed by atoms with Gasteiger partial charge in [-0.3, -0.25) is 0 Å². The number of rotatable bonds is 2. The lowest BCUT2D eigenvalue weighted by Gasteiger charge is -2.23. The van der Waals surface area contributed by atoms with E-state index in [2.05, 4.69) is 31.1 Å². The highest BCUT2D eigenvalue weighted by molar-refractivity contribution is 7.80. The Morgan fingerprint density at radius 2 is 2.00 bits per heavy atom. The Morgan fingerprint density at radius 1 is 1.40 bits per heavy atom. The second-order valence-corrected chi connectivity index (χ2v) is 5.03. The van der Waals surface area contributed by atoms with Crippen LogP contribution >= 0.6 is 12.2 Å². The molecule has 0 atom stereocenters. The number of nitrogens with one attached hydrogen (secondary N) is 1. The lowest BCUT2D eigenvalue weighted by Crippen LogP contribution is -2.28. The van der Waals surface area contributed by atoms with Crippen LogP contribution in [0.15, 0.2) is 12.1 Å². The molecule has 0 aliphatic carbocycles. The summed E-state index contributed by atoms with van der Waals surface area (Å²) < 4.78 is 0. The van der Waals surface area contributed by atoms with Crippen LogP contribution < -0.4 is 11.1 Å². The molecule has 0 radical (unpaired) electrons. The first-order valence-corrected chi connectivity index (χ1v) is 5.26. The maximum Gasteiger partial charge on any atom is 0.136 e. The van der Waals surface area contributed by atoms with E-state index >= 15 is 0 Å². The van der Waals surface area contributed by atoms with Crippen LogP contribution in [-0.4, -0.2) is 15.5 Å². The molecule has 0 amide bonds. The largest absolute Gasteiger partial charge is 0.389 e. The van der Waals surface area contributed by atoms with E-state index in [-0.39, 0.29) is 5.54 Å². The van der Waals surface area contributed by atoms with Crippen LogP contribution in [0.3, 0.4) is 0 Å². The number of aryl methyl sites for hydroxylation is 1. The number of hydrogen-bond donors (Lipinski definition) is 2. The predicted octanol–water partition coefficient (Wildman–Crippen LogP) is 2.23. The van der Waals surface area contributed by atoms with Gasteiger partial charge in [-0.1, -0.05) is 12.2 Å². The van der Waals surface area contributed by atoms with Crippen molar-refractivity contribution in [2.45, 2.75) is 33.2 Å². The third-order valence-electron chi connectivity index (χ3n) is 1.79. The minimum atomic E-state index is -0.0552. The summed E-state index contributed by atoms with van der Waals surface area (Å²) in [5, 5.41) is 3.29. The Hall–Kier alpha value is -1.16. The van der Waals surface area contributed by atoms with Crippen LogP contribution in [0, 0.1) is 6.92 Å². The molecular formula is C11H17N3S. The van der Waals surface area contributed by atoms with Crippen molar-refractivity contribution in [1.82, 2.24) is 4.98 Å². The topological polar surface area (TPSA) is 50.9 Å². The Morgan fingerprint density at radius 3 is 2.47 bits per heavy atom. The number of nitrogens with two attached hydrogens (primary N) is 1. The fraction of sp³-hybridized carbons (Fsp3) is 0.455. The van der Waals surface area contributed by atoms with Gasteiger partial charge in [-0.15, -0.1) is 0 Å². The number of pyridine rings is 1. The van der Waals surface area contributed by atoms with E-state index in [1.807, 2.05) is 19.1 Å². The van der Waals surface area contributed by atoms with Crippen molar-refractivity contribution in [2.75, 3.05) is 5.32 Å². The van der Waals surface area contributed by atoms with Crippen molar-refractivity contribution >= 4 is 23.0 Å². The van der Waals surface area contributed by atoms with Crippen molar-refractivity contribution in [3.8, 4) is 0 Å². The van der Waals surface area contributed by atoms with Crippen molar-refractivity contribution < 1.29 is 0 Å². The lowest BCUT2D eigenvalue weighted by molar-refractivity contribution is 0.630. The first-order chi connectivity index (χ1) is 6.79. The van der Waals surface area contributed by atoms with Crippen molar-refractivity contribution in [3.05, 3.63) is 23.4 Å². The fourth-order valence-electron chi connectivity index (χ4n) is 1.21. The standard InChI is InChI=1S/C11H17N3S/c1-7-5-6-8(9(12)15)10(13-7)14-11(2,3)4/h5-6H,1-4H3,(H2,12,15)(H,13,14). The van der Waals surface area contributed by atoms with Gasteiger partial charge in [-0.05, 0) is 39.8 Å². The molecule has 0 aliphatic heterocycles. The summed E-state index contributed by atoms with van der Waals surface area (Å²) in [6, 6.07) is 3.81. The summed E-state index contributed by atoms with van der Waals surface area (Å²) >= 11 is 4.98. The summed E-state index contributed by atoms with van der Waals surface area (Å²) in [7, 11) is 0. The fourth-order valence-corrected chi connectivity index (χ4v) is 1.37. The Kier molecular flexibility index (Phi) is 3.29. The molecule has 0 aliphatic rings. The number of nitrogens with zero attached hydrogens (tertiary/aromatic N) is 1. The molecule has 1 rings (SSSR count). The van der Waals surface area contributed by atoms with E-state index in [0.717, 1.165) is 17.1 Å². The summed E-state index contributed by atoms with van der Waals surface area (Å²) in [5.74, 6) is 0.759. The number of aromatic nitrogens is 1. The molecule has 3 N–H and O–H groups in total. The molecule has 0 aromatic carbocycles. The van der Waals surface area contributed by atoms with E-state index in [9.17, 15) is 0 Å². The van der Waals surface area contributed by atoms with Crippen molar-refractivity contribution in [2.24, 2.45) is 5.73 Å². The van der Waals surface area contributed by atoms with E-state index in [4.69, 9.17) is 18.0 Å². The molecular weight excluding hydrogens is 206 g/mol. The zero-order chi connectivity index (χ0) is 11.6. The third-order valence-corrected chi connectivity index (χ3v) is 2.01. The normalized spacial score (nSPS) is 11.2. The third kappa shape index (κ3) is 3.47. The monoisotopic (exact) mass is 223 g/mol. The number of thiocarbonyl (C=S) groups is 1. The van der Waals surface area contributed by atoms with E-state index in [1.165, 1.54) is 0 Å². The minimum Gasteiger partial charge on any atom is -0.389 e. The quantitative estimate of drug-likeness (QED) is 0.755. The lowest BCUT2D eigenvalue weighted by atomic mass is 10.1. The summed E-state index contributed by atoms with van der Waals surface area (Å²) in [4.78, 5) is 4.77. The van der Waals surface area contributed by atoms with Crippen LogP contribution in [0.5, 0.6) is 0 Å². The molecule has 3 nitrogen and oxygen atoms in total.